The molecule has 1 rings (SSSR count). The molecule has 0 bridgehead atoms. The second-order valence-corrected chi connectivity index (χ2v) is 2.93. The third kappa shape index (κ3) is 2.00. The van der Waals surface area contributed by atoms with Gasteiger partial charge in [0.05, 0.1) is 0 Å². The van der Waals surface area contributed by atoms with Crippen LogP contribution in [0, 0.1) is 5.92 Å². The van der Waals surface area contributed by atoms with E-state index in [0.717, 1.165) is 18.5 Å². The van der Waals surface area contributed by atoms with Crippen molar-refractivity contribution in [2.45, 2.75) is 26.7 Å². The molecule has 0 heterocycles. The van der Waals surface area contributed by atoms with E-state index >= 15 is 0 Å². The van der Waals surface area contributed by atoms with Crippen molar-refractivity contribution in [1.82, 2.24) is 0 Å². The summed E-state index contributed by atoms with van der Waals surface area (Å²) >= 11 is 0. The number of hydrogen-bond donors (Lipinski definition) is 1. The topological polar surface area (TPSA) is 26.0 Å². The number of rotatable bonds is 3. The fourth-order valence-electron chi connectivity index (χ4n) is 1.38. The van der Waals surface area contributed by atoms with Crippen molar-refractivity contribution < 1.29 is 0 Å². The lowest BCUT2D eigenvalue weighted by atomic mass is 9.94. The maximum absolute atomic E-state index is 5.60. The first-order valence-electron chi connectivity index (χ1n) is 4.48. The highest BCUT2D eigenvalue weighted by Gasteiger charge is 2.05. The molecule has 0 aromatic heterocycles. The van der Waals surface area contributed by atoms with E-state index < -0.39 is 0 Å². The van der Waals surface area contributed by atoms with Gasteiger partial charge in [-0.15, -0.1) is 0 Å². The molecule has 1 aromatic carbocycles. The minimum atomic E-state index is 0.838. The molecule has 0 amide bonds. The van der Waals surface area contributed by atoms with E-state index in [4.69, 9.17) is 5.73 Å². The number of hydrogen-bond acceptors (Lipinski definition) is 1. The van der Waals surface area contributed by atoms with Gasteiger partial charge in [-0.25, -0.2) is 0 Å². The van der Waals surface area contributed by atoms with Crippen molar-refractivity contribution in [3.63, 3.8) is 0 Å². The largest absolute Gasteiger partial charge is 0.399 e. The fourth-order valence-corrected chi connectivity index (χ4v) is 1.38. The summed E-state index contributed by atoms with van der Waals surface area (Å²) in [6.45, 7) is 4.38. The lowest BCUT2D eigenvalue weighted by Gasteiger charge is -2.11. The predicted molar refractivity (Wildman–Crippen MR) is 53.8 cm³/mol. The Morgan fingerprint density at radius 3 is 2.00 bits per heavy atom. The van der Waals surface area contributed by atoms with Crippen LogP contribution in [0.3, 0.4) is 0 Å². The molecule has 0 fully saturated rings. The van der Waals surface area contributed by atoms with Gasteiger partial charge in [-0.3, -0.25) is 0 Å². The minimum absolute atomic E-state index is 0.838. The normalized spacial score (nSPS) is 10.6. The van der Waals surface area contributed by atoms with Crippen LogP contribution in [-0.2, 0) is 0 Å². The Kier molecular flexibility index (Phi) is 3.15. The number of anilines is 1. The molecule has 1 aromatic rings. The van der Waals surface area contributed by atoms with Gasteiger partial charge in [0.2, 0.25) is 0 Å². The molecule has 0 atom stereocenters. The lowest BCUT2D eigenvalue weighted by molar-refractivity contribution is 0.850. The summed E-state index contributed by atoms with van der Waals surface area (Å²) in [5.41, 5.74) is 7.77. The molecule has 0 aliphatic carbocycles. The third-order valence-electron chi connectivity index (χ3n) is 2.17. The summed E-state index contributed by atoms with van der Waals surface area (Å²) in [5, 5.41) is 0. The van der Waals surface area contributed by atoms with E-state index in [9.17, 15) is 0 Å². The van der Waals surface area contributed by atoms with Crippen LogP contribution in [0.2, 0.25) is 0 Å². The second-order valence-electron chi connectivity index (χ2n) is 2.93. The first-order valence-corrected chi connectivity index (χ1v) is 4.48. The van der Waals surface area contributed by atoms with Gasteiger partial charge in [-0.05, 0) is 30.5 Å². The van der Waals surface area contributed by atoms with E-state index in [1.807, 2.05) is 12.1 Å². The van der Waals surface area contributed by atoms with Gasteiger partial charge >= 0.3 is 0 Å². The van der Waals surface area contributed by atoms with E-state index in [-0.39, 0.29) is 0 Å². The fraction of sp³-hybridized carbons (Fsp3) is 0.364. The predicted octanol–water partition coefficient (Wildman–Crippen LogP) is 3.01. The Balaban J connectivity index is 2.80. The smallest absolute Gasteiger partial charge is 0.0314 e. The molecule has 65 valence electrons. The molecule has 0 saturated carbocycles. The van der Waals surface area contributed by atoms with Gasteiger partial charge in [-0.1, -0.05) is 26.0 Å². The van der Waals surface area contributed by atoms with Crippen LogP contribution in [0.4, 0.5) is 5.69 Å². The van der Waals surface area contributed by atoms with Crippen molar-refractivity contribution >= 4 is 5.69 Å². The second kappa shape index (κ2) is 4.15. The molecule has 1 radical (unpaired) electrons. The van der Waals surface area contributed by atoms with Crippen LogP contribution in [0.1, 0.15) is 32.3 Å². The van der Waals surface area contributed by atoms with Crippen LogP contribution < -0.4 is 5.73 Å². The van der Waals surface area contributed by atoms with Gasteiger partial charge in [0, 0.05) is 11.6 Å². The molecular formula is C11H16N. The molecule has 0 unspecified atom stereocenters. The highest BCUT2D eigenvalue weighted by molar-refractivity contribution is 5.43. The highest BCUT2D eigenvalue weighted by Crippen LogP contribution is 2.22. The standard InChI is InChI=1S/C11H16N/c1-3-9(4-2)10-5-7-11(12)8-6-10/h5-8H,3-4,12H2,1-2H3. The van der Waals surface area contributed by atoms with Crippen LogP contribution >= 0.6 is 0 Å². The molecule has 1 heteroatoms. The molecule has 1 nitrogen and oxygen atoms in total. The van der Waals surface area contributed by atoms with E-state index in [2.05, 4.69) is 26.0 Å². The van der Waals surface area contributed by atoms with Crippen LogP contribution in [0.25, 0.3) is 0 Å². The molecule has 2 N–H and O–H groups in total. The molecule has 0 saturated heterocycles. The summed E-state index contributed by atoms with van der Waals surface area (Å²) in [6.07, 6.45) is 2.25. The average molecular weight is 162 g/mol. The van der Waals surface area contributed by atoms with Gasteiger partial charge < -0.3 is 5.73 Å². The van der Waals surface area contributed by atoms with Crippen LogP contribution in [0.15, 0.2) is 24.3 Å². The number of nitrogens with two attached hydrogens (primary N) is 1. The molecule has 0 spiro atoms. The Hall–Kier alpha value is -0.980. The van der Waals surface area contributed by atoms with Gasteiger partial charge in [0.1, 0.15) is 0 Å². The van der Waals surface area contributed by atoms with Gasteiger partial charge in [0.15, 0.2) is 0 Å². The SMILES string of the molecule is CC[C](CC)c1ccc(N)cc1. The zero-order chi connectivity index (χ0) is 8.97. The van der Waals surface area contributed by atoms with Gasteiger partial charge in [-0.2, -0.15) is 0 Å². The summed E-state index contributed by atoms with van der Waals surface area (Å²) < 4.78 is 0. The van der Waals surface area contributed by atoms with Gasteiger partial charge in [0.25, 0.3) is 0 Å². The monoisotopic (exact) mass is 162 g/mol. The van der Waals surface area contributed by atoms with Crippen molar-refractivity contribution in [1.29, 1.82) is 0 Å². The van der Waals surface area contributed by atoms with Crippen molar-refractivity contribution in [3.05, 3.63) is 35.7 Å². The summed E-state index contributed by atoms with van der Waals surface area (Å²) in [6, 6.07) is 8.11. The summed E-state index contributed by atoms with van der Waals surface area (Å²) in [5.74, 6) is 1.50. The van der Waals surface area contributed by atoms with Crippen LogP contribution in [0.5, 0.6) is 0 Å². The Bertz CT molecular complexity index is 221. The molecule has 0 aliphatic heterocycles. The lowest BCUT2D eigenvalue weighted by Crippen LogP contribution is -1.96. The maximum atomic E-state index is 5.60. The Morgan fingerprint density at radius 2 is 1.58 bits per heavy atom. The van der Waals surface area contributed by atoms with E-state index in [1.54, 1.807) is 0 Å². The molecular weight excluding hydrogens is 146 g/mol. The number of benzene rings is 1. The summed E-state index contributed by atoms with van der Waals surface area (Å²) in [7, 11) is 0. The third-order valence-corrected chi connectivity index (χ3v) is 2.17. The Morgan fingerprint density at radius 1 is 1.08 bits per heavy atom. The molecule has 12 heavy (non-hydrogen) atoms. The minimum Gasteiger partial charge on any atom is -0.399 e. The first-order chi connectivity index (χ1) is 5.77. The summed E-state index contributed by atoms with van der Waals surface area (Å²) in [4.78, 5) is 0. The number of nitrogen functional groups attached to an aromatic ring is 1. The highest BCUT2D eigenvalue weighted by atomic mass is 14.5. The van der Waals surface area contributed by atoms with E-state index in [1.165, 1.54) is 11.5 Å². The van der Waals surface area contributed by atoms with E-state index in [0.29, 0.717) is 0 Å². The Labute approximate surface area is 74.6 Å². The maximum Gasteiger partial charge on any atom is 0.0314 e. The zero-order valence-electron chi connectivity index (χ0n) is 7.80. The molecule has 0 aliphatic rings. The van der Waals surface area contributed by atoms with Crippen molar-refractivity contribution in [2.24, 2.45) is 0 Å². The average Bonchev–Trinajstić information content (AvgIpc) is 2.10. The van der Waals surface area contributed by atoms with Crippen molar-refractivity contribution in [3.8, 4) is 0 Å². The zero-order valence-corrected chi connectivity index (χ0v) is 7.80. The quantitative estimate of drug-likeness (QED) is 0.679. The first kappa shape index (κ1) is 9.11. The van der Waals surface area contributed by atoms with Crippen molar-refractivity contribution in [2.75, 3.05) is 5.73 Å². The van der Waals surface area contributed by atoms with Crippen LogP contribution in [-0.4, -0.2) is 0 Å².